The van der Waals surface area contributed by atoms with Crippen LogP contribution >= 0.6 is 0 Å². The average molecular weight is 583 g/mol. The minimum Gasteiger partial charge on any atom is -0.342 e. The second kappa shape index (κ2) is 10.2. The first-order valence-electron chi connectivity index (χ1n) is 13.4. The van der Waals surface area contributed by atoms with E-state index in [-0.39, 0.29) is 49.8 Å². The zero-order chi connectivity index (χ0) is 28.9. The lowest BCUT2D eigenvalue weighted by Gasteiger charge is -2.34. The highest BCUT2D eigenvalue weighted by Gasteiger charge is 2.44. The zero-order valence-corrected chi connectivity index (χ0v) is 21.7. The van der Waals surface area contributed by atoms with Gasteiger partial charge in [-0.25, -0.2) is 27.7 Å². The lowest BCUT2D eigenvalue weighted by Crippen LogP contribution is -2.54. The number of imidazole rings is 1. The molecule has 41 heavy (non-hydrogen) atoms. The topological polar surface area (TPSA) is 131 Å². The van der Waals surface area contributed by atoms with Crippen LogP contribution in [-0.4, -0.2) is 66.9 Å². The summed E-state index contributed by atoms with van der Waals surface area (Å²) >= 11 is 0. The normalized spacial score (nSPS) is 22.5. The molecule has 2 atom stereocenters. The van der Waals surface area contributed by atoms with Gasteiger partial charge in [-0.15, -0.1) is 0 Å². The molecule has 6 rings (SSSR count). The molecule has 2 aliphatic carbocycles. The molecule has 2 saturated carbocycles. The van der Waals surface area contributed by atoms with Gasteiger partial charge in [0.15, 0.2) is 11.3 Å². The van der Waals surface area contributed by atoms with E-state index in [4.69, 9.17) is 4.63 Å². The van der Waals surface area contributed by atoms with Gasteiger partial charge in [0, 0.05) is 38.4 Å². The van der Waals surface area contributed by atoms with Crippen LogP contribution in [0.5, 0.6) is 0 Å². The molecular formula is C25H27F5N8O3. The molecule has 3 aromatic heterocycles. The average Bonchev–Trinajstić information content (AvgIpc) is 3.48. The molecule has 0 spiro atoms. The largest absolute Gasteiger partial charge is 0.395 e. The number of nitrogens with one attached hydrogen (secondary N) is 2. The van der Waals surface area contributed by atoms with Crippen LogP contribution in [0.3, 0.4) is 0 Å². The number of carbonyl (C=O) groups excluding carboxylic acids is 2. The third kappa shape index (κ3) is 5.81. The molecule has 3 fully saturated rings. The number of halogens is 5. The highest BCUT2D eigenvalue weighted by Crippen LogP contribution is 2.42. The van der Waals surface area contributed by atoms with Gasteiger partial charge in [0.05, 0.1) is 30.0 Å². The molecular weight excluding hydrogens is 555 g/mol. The monoisotopic (exact) mass is 582 g/mol. The molecule has 3 aromatic rings. The second-order valence-corrected chi connectivity index (χ2v) is 11.1. The number of urea groups is 1. The number of alkyl halides is 5. The summed E-state index contributed by atoms with van der Waals surface area (Å²) in [5, 5.41) is 17.1. The number of hydrogen-bond donors (Lipinski definition) is 2. The SMILES string of the molecule is O=C(NC(c1cn2ncc(CN3CC(C(F)(F)F)CNC3=O)cc2n1)C1CCC(F)(F)CC1)c1nonc1C1CC1. The molecule has 1 saturated heterocycles. The number of fused-ring (bicyclic) bond motifs is 1. The quantitative estimate of drug-likeness (QED) is 0.403. The first-order chi connectivity index (χ1) is 19.5. The number of aromatic nitrogens is 5. The Kier molecular flexibility index (Phi) is 6.80. The Morgan fingerprint density at radius 1 is 1.20 bits per heavy atom. The summed E-state index contributed by atoms with van der Waals surface area (Å²) in [5.74, 6) is -5.26. The number of rotatable bonds is 7. The molecule has 3 aliphatic rings. The van der Waals surface area contributed by atoms with Crippen molar-refractivity contribution in [2.24, 2.45) is 11.8 Å². The van der Waals surface area contributed by atoms with Crippen molar-refractivity contribution in [2.45, 2.75) is 69.1 Å². The predicted molar refractivity (Wildman–Crippen MR) is 130 cm³/mol. The summed E-state index contributed by atoms with van der Waals surface area (Å²) in [6.45, 7) is -1.09. The molecule has 2 N–H and O–H groups in total. The van der Waals surface area contributed by atoms with E-state index in [9.17, 15) is 31.5 Å². The summed E-state index contributed by atoms with van der Waals surface area (Å²) in [5.41, 5.74) is 1.68. The van der Waals surface area contributed by atoms with Crippen molar-refractivity contribution in [3.63, 3.8) is 0 Å². The molecule has 11 nitrogen and oxygen atoms in total. The fraction of sp³-hybridized carbons (Fsp3) is 0.600. The molecule has 0 aromatic carbocycles. The molecule has 3 amide bonds. The summed E-state index contributed by atoms with van der Waals surface area (Å²) < 4.78 is 73.8. The van der Waals surface area contributed by atoms with E-state index in [0.29, 0.717) is 22.6 Å². The summed E-state index contributed by atoms with van der Waals surface area (Å²) in [7, 11) is 0. The maximum Gasteiger partial charge on any atom is 0.395 e. The van der Waals surface area contributed by atoms with Crippen molar-refractivity contribution in [1.82, 2.24) is 40.4 Å². The van der Waals surface area contributed by atoms with Crippen LogP contribution in [0.1, 0.15) is 77.9 Å². The first-order valence-corrected chi connectivity index (χ1v) is 13.4. The number of nitrogens with zero attached hydrogens (tertiary/aromatic N) is 6. The van der Waals surface area contributed by atoms with E-state index in [1.165, 1.54) is 10.7 Å². The van der Waals surface area contributed by atoms with E-state index in [1.54, 1.807) is 12.3 Å². The van der Waals surface area contributed by atoms with Crippen molar-refractivity contribution in [3.05, 3.63) is 41.1 Å². The van der Waals surface area contributed by atoms with Gasteiger partial charge in [-0.1, -0.05) is 5.16 Å². The highest BCUT2D eigenvalue weighted by molar-refractivity contribution is 5.93. The highest BCUT2D eigenvalue weighted by atomic mass is 19.4. The summed E-state index contributed by atoms with van der Waals surface area (Å²) in [6.07, 6.45) is -0.0598. The Morgan fingerprint density at radius 2 is 1.95 bits per heavy atom. The first kappa shape index (κ1) is 27.3. The second-order valence-electron chi connectivity index (χ2n) is 11.1. The van der Waals surface area contributed by atoms with Crippen LogP contribution in [0.4, 0.5) is 26.7 Å². The zero-order valence-electron chi connectivity index (χ0n) is 21.7. The van der Waals surface area contributed by atoms with Gasteiger partial charge >= 0.3 is 12.2 Å². The predicted octanol–water partition coefficient (Wildman–Crippen LogP) is 3.99. The maximum absolute atomic E-state index is 14.0. The Labute approximate surface area is 229 Å². The smallest absolute Gasteiger partial charge is 0.342 e. The molecule has 16 heteroatoms. The Hall–Kier alpha value is -3.85. The summed E-state index contributed by atoms with van der Waals surface area (Å²) in [4.78, 5) is 31.1. The molecule has 0 radical (unpaired) electrons. The van der Waals surface area contributed by atoms with E-state index in [1.807, 2.05) is 0 Å². The lowest BCUT2D eigenvalue weighted by molar-refractivity contribution is -0.178. The van der Waals surface area contributed by atoms with Crippen molar-refractivity contribution in [1.29, 1.82) is 0 Å². The molecule has 4 heterocycles. The van der Waals surface area contributed by atoms with Crippen molar-refractivity contribution >= 4 is 17.6 Å². The van der Waals surface area contributed by atoms with Crippen molar-refractivity contribution in [3.8, 4) is 0 Å². The third-order valence-corrected chi connectivity index (χ3v) is 7.99. The van der Waals surface area contributed by atoms with Gasteiger partial charge in [-0.05, 0) is 48.4 Å². The molecule has 220 valence electrons. The van der Waals surface area contributed by atoms with Gasteiger partial charge in [0.25, 0.3) is 5.91 Å². The van der Waals surface area contributed by atoms with E-state index >= 15 is 0 Å². The Bertz CT molecular complexity index is 1440. The van der Waals surface area contributed by atoms with Gasteiger partial charge in [-0.2, -0.15) is 18.3 Å². The maximum atomic E-state index is 14.0. The van der Waals surface area contributed by atoms with Crippen LogP contribution in [0.25, 0.3) is 5.65 Å². The van der Waals surface area contributed by atoms with Gasteiger partial charge in [-0.3, -0.25) is 4.79 Å². The molecule has 1 aliphatic heterocycles. The number of amides is 3. The Balaban J connectivity index is 1.24. The lowest BCUT2D eigenvalue weighted by atomic mass is 9.81. The number of hydrogen-bond acceptors (Lipinski definition) is 7. The fourth-order valence-corrected chi connectivity index (χ4v) is 5.50. The van der Waals surface area contributed by atoms with Crippen LogP contribution in [0.2, 0.25) is 0 Å². The van der Waals surface area contributed by atoms with E-state index in [0.717, 1.165) is 17.7 Å². The van der Waals surface area contributed by atoms with E-state index in [2.05, 4.69) is 31.0 Å². The van der Waals surface area contributed by atoms with Crippen LogP contribution < -0.4 is 10.6 Å². The van der Waals surface area contributed by atoms with Gasteiger partial charge < -0.3 is 15.5 Å². The standard InChI is InChI=1S/C25H27F5N8O3/c26-24(27)5-3-15(4-6-24)19(34-22(39)21-20(14-1-2-14)35-41-36-21)17-12-38-18(33-17)7-13(8-32-38)10-37-11-16(25(28,29)30)9-31-23(37)40/h7-8,12,14-16,19H,1-6,9-11H2,(H,31,40)(H,34,39). The van der Waals surface area contributed by atoms with E-state index < -0.39 is 49.1 Å². The minimum absolute atomic E-state index is 0.0554. The van der Waals surface area contributed by atoms with Crippen molar-refractivity contribution in [2.75, 3.05) is 13.1 Å². The van der Waals surface area contributed by atoms with Crippen molar-refractivity contribution < 1.29 is 36.2 Å². The number of carbonyl (C=O) groups is 2. The Morgan fingerprint density at radius 3 is 2.66 bits per heavy atom. The van der Waals surface area contributed by atoms with Crippen LogP contribution in [0, 0.1) is 11.8 Å². The minimum atomic E-state index is -4.45. The van der Waals surface area contributed by atoms with Crippen LogP contribution in [-0.2, 0) is 6.54 Å². The van der Waals surface area contributed by atoms with Gasteiger partial charge in [0.1, 0.15) is 5.69 Å². The fourth-order valence-electron chi connectivity index (χ4n) is 5.50. The van der Waals surface area contributed by atoms with Gasteiger partial charge in [0.2, 0.25) is 5.92 Å². The molecule has 0 bridgehead atoms. The van der Waals surface area contributed by atoms with Crippen LogP contribution in [0.15, 0.2) is 23.1 Å². The molecule has 2 unspecified atom stereocenters. The summed E-state index contributed by atoms with van der Waals surface area (Å²) in [6, 6.07) is 0.230. The third-order valence-electron chi connectivity index (χ3n) is 7.99.